The number of nitrogens with zero attached hydrogens (tertiary/aromatic N) is 3. The summed E-state index contributed by atoms with van der Waals surface area (Å²) in [5.41, 5.74) is 0. The van der Waals surface area contributed by atoms with Crippen molar-refractivity contribution in [2.24, 2.45) is 7.05 Å². The Morgan fingerprint density at radius 3 is 2.61 bits per heavy atom. The summed E-state index contributed by atoms with van der Waals surface area (Å²) in [7, 11) is -1.92. The maximum Gasteiger partial charge on any atom is 0.259 e. The molecule has 1 saturated carbocycles. The smallest absolute Gasteiger partial charge is 0.259 e. The van der Waals surface area contributed by atoms with Gasteiger partial charge in [-0.1, -0.05) is 12.8 Å². The third kappa shape index (κ3) is 4.32. The molecule has 0 radical (unpaired) electrons. The van der Waals surface area contributed by atoms with Crippen LogP contribution in [0.5, 0.6) is 0 Å². The highest BCUT2D eigenvalue weighted by Crippen LogP contribution is 2.23. The fourth-order valence-electron chi connectivity index (χ4n) is 3.02. The zero-order valence-electron chi connectivity index (χ0n) is 14.1. The number of sulfonamides is 1. The van der Waals surface area contributed by atoms with Gasteiger partial charge in [0.25, 0.3) is 10.0 Å². The molecule has 7 nitrogen and oxygen atoms in total. The molecule has 1 fully saturated rings. The van der Waals surface area contributed by atoms with Gasteiger partial charge in [0, 0.05) is 38.8 Å². The van der Waals surface area contributed by atoms with Crippen LogP contribution in [-0.2, 0) is 21.9 Å². The number of rotatable bonds is 7. The highest BCUT2D eigenvalue weighted by Gasteiger charge is 2.25. The van der Waals surface area contributed by atoms with Gasteiger partial charge in [-0.05, 0) is 26.7 Å². The van der Waals surface area contributed by atoms with E-state index in [4.69, 9.17) is 0 Å². The Morgan fingerprint density at radius 2 is 2.09 bits per heavy atom. The molecule has 0 atom stereocenters. The minimum Gasteiger partial charge on any atom is -0.340 e. The number of aryl methyl sites for hydroxylation is 2. The maximum atomic E-state index is 12.3. The fourth-order valence-corrected chi connectivity index (χ4v) is 4.09. The largest absolute Gasteiger partial charge is 0.340 e. The Balaban J connectivity index is 1.89. The second-order valence-corrected chi connectivity index (χ2v) is 7.72. The Bertz CT molecular complexity index is 628. The molecule has 1 aliphatic rings. The van der Waals surface area contributed by atoms with Crippen molar-refractivity contribution in [3.63, 3.8) is 0 Å². The molecule has 1 amide bonds. The number of carbonyl (C=O) groups is 1. The summed E-state index contributed by atoms with van der Waals surface area (Å²) >= 11 is 0. The lowest BCUT2D eigenvalue weighted by molar-refractivity contribution is -0.133. The minimum atomic E-state index is -3.66. The third-order valence-electron chi connectivity index (χ3n) is 4.42. The van der Waals surface area contributed by atoms with Crippen LogP contribution in [0.15, 0.2) is 11.2 Å². The Morgan fingerprint density at radius 1 is 1.43 bits per heavy atom. The van der Waals surface area contributed by atoms with Crippen LogP contribution < -0.4 is 4.72 Å². The van der Waals surface area contributed by atoms with Gasteiger partial charge in [-0.2, -0.15) is 0 Å². The predicted octanol–water partition coefficient (Wildman–Crippen LogP) is 1.19. The van der Waals surface area contributed by atoms with Crippen molar-refractivity contribution >= 4 is 15.9 Å². The van der Waals surface area contributed by atoms with Crippen LogP contribution >= 0.6 is 0 Å². The highest BCUT2D eigenvalue weighted by atomic mass is 32.2. The molecule has 0 spiro atoms. The minimum absolute atomic E-state index is 0.00640. The van der Waals surface area contributed by atoms with Crippen LogP contribution in [0.2, 0.25) is 0 Å². The van der Waals surface area contributed by atoms with E-state index in [1.807, 2.05) is 11.8 Å². The first-order valence-corrected chi connectivity index (χ1v) is 9.62. The predicted molar refractivity (Wildman–Crippen MR) is 87.4 cm³/mol. The average Bonchev–Trinajstić information content (AvgIpc) is 3.11. The Kier molecular flexibility index (Phi) is 5.80. The van der Waals surface area contributed by atoms with Crippen LogP contribution in [-0.4, -0.2) is 47.9 Å². The molecule has 1 heterocycles. The van der Waals surface area contributed by atoms with E-state index in [1.165, 1.54) is 19.0 Å². The molecule has 1 aromatic rings. The van der Waals surface area contributed by atoms with Crippen molar-refractivity contribution in [3.8, 4) is 0 Å². The van der Waals surface area contributed by atoms with E-state index in [9.17, 15) is 13.2 Å². The molecule has 8 heteroatoms. The molecule has 0 bridgehead atoms. The zero-order chi connectivity index (χ0) is 17.0. The second-order valence-electron chi connectivity index (χ2n) is 6.00. The molecule has 130 valence electrons. The van der Waals surface area contributed by atoms with Crippen molar-refractivity contribution in [1.29, 1.82) is 0 Å². The number of nitrogens with one attached hydrogen (secondary N) is 1. The summed E-state index contributed by atoms with van der Waals surface area (Å²) in [5.74, 6) is 0.638. The van der Waals surface area contributed by atoms with Crippen LogP contribution in [0.1, 0.15) is 44.9 Å². The molecule has 0 unspecified atom stereocenters. The first-order chi connectivity index (χ1) is 10.8. The van der Waals surface area contributed by atoms with E-state index >= 15 is 0 Å². The SMILES string of the molecule is CCN(C(=O)CCNS(=O)(=O)c1cn(C)c(C)n1)C1CCCC1. The van der Waals surface area contributed by atoms with Gasteiger partial charge in [0.1, 0.15) is 5.82 Å². The fraction of sp³-hybridized carbons (Fsp3) is 0.733. The number of hydrogen-bond acceptors (Lipinski definition) is 4. The van der Waals surface area contributed by atoms with Crippen molar-refractivity contribution in [3.05, 3.63) is 12.0 Å². The van der Waals surface area contributed by atoms with Crippen molar-refractivity contribution in [2.45, 2.75) is 57.0 Å². The van der Waals surface area contributed by atoms with Gasteiger partial charge in [-0.15, -0.1) is 0 Å². The summed E-state index contributed by atoms with van der Waals surface area (Å²) < 4.78 is 28.4. The van der Waals surface area contributed by atoms with E-state index in [-0.39, 0.29) is 23.9 Å². The van der Waals surface area contributed by atoms with Crippen LogP contribution in [0.25, 0.3) is 0 Å². The number of imidazole rings is 1. The molecular weight excluding hydrogens is 316 g/mol. The zero-order valence-corrected chi connectivity index (χ0v) is 14.9. The van der Waals surface area contributed by atoms with Gasteiger partial charge in [-0.3, -0.25) is 4.79 Å². The van der Waals surface area contributed by atoms with Crippen molar-refractivity contribution < 1.29 is 13.2 Å². The number of hydrogen-bond donors (Lipinski definition) is 1. The lowest BCUT2D eigenvalue weighted by Crippen LogP contribution is -2.40. The summed E-state index contributed by atoms with van der Waals surface area (Å²) in [5, 5.41) is -0.00640. The normalized spacial score (nSPS) is 16.0. The first-order valence-electron chi connectivity index (χ1n) is 8.14. The van der Waals surface area contributed by atoms with E-state index in [0.29, 0.717) is 18.4 Å². The summed E-state index contributed by atoms with van der Waals surface area (Å²) in [6.07, 6.45) is 6.09. The van der Waals surface area contributed by atoms with Gasteiger partial charge in [0.05, 0.1) is 0 Å². The molecule has 23 heavy (non-hydrogen) atoms. The summed E-state index contributed by atoms with van der Waals surface area (Å²) in [6, 6.07) is 0.322. The standard InChI is InChI=1S/C15H26N4O3S/c1-4-19(13-7-5-6-8-13)15(20)9-10-16-23(21,22)14-11-18(3)12(2)17-14/h11,13,16H,4-10H2,1-3H3. The number of aromatic nitrogens is 2. The quantitative estimate of drug-likeness (QED) is 0.807. The molecule has 0 saturated heterocycles. The second kappa shape index (κ2) is 7.44. The van der Waals surface area contributed by atoms with Crippen LogP contribution in [0, 0.1) is 6.92 Å². The third-order valence-corrected chi connectivity index (χ3v) is 5.75. The molecule has 2 rings (SSSR count). The van der Waals surface area contributed by atoms with E-state index in [2.05, 4.69) is 9.71 Å². The average molecular weight is 342 g/mol. The van der Waals surface area contributed by atoms with Gasteiger partial charge < -0.3 is 9.47 Å². The lowest BCUT2D eigenvalue weighted by Gasteiger charge is -2.27. The molecule has 1 N–H and O–H groups in total. The topological polar surface area (TPSA) is 84.3 Å². The van der Waals surface area contributed by atoms with E-state index in [1.54, 1.807) is 18.5 Å². The van der Waals surface area contributed by atoms with Crippen LogP contribution in [0.4, 0.5) is 0 Å². The lowest BCUT2D eigenvalue weighted by atomic mass is 10.2. The Labute approximate surface area is 138 Å². The van der Waals surface area contributed by atoms with Gasteiger partial charge in [0.15, 0.2) is 5.03 Å². The van der Waals surface area contributed by atoms with Crippen LogP contribution in [0.3, 0.4) is 0 Å². The highest BCUT2D eigenvalue weighted by molar-refractivity contribution is 7.89. The summed E-state index contributed by atoms with van der Waals surface area (Å²) in [6.45, 7) is 4.48. The van der Waals surface area contributed by atoms with E-state index in [0.717, 1.165) is 12.8 Å². The van der Waals surface area contributed by atoms with Gasteiger partial charge >= 0.3 is 0 Å². The molecule has 0 aliphatic heterocycles. The number of carbonyl (C=O) groups excluding carboxylic acids is 1. The van der Waals surface area contributed by atoms with Crippen molar-refractivity contribution in [2.75, 3.05) is 13.1 Å². The molecule has 1 aromatic heterocycles. The molecule has 1 aliphatic carbocycles. The monoisotopic (exact) mass is 342 g/mol. The van der Waals surface area contributed by atoms with Crippen molar-refractivity contribution in [1.82, 2.24) is 19.2 Å². The number of amides is 1. The van der Waals surface area contributed by atoms with Gasteiger partial charge in [-0.25, -0.2) is 18.1 Å². The maximum absolute atomic E-state index is 12.3. The first kappa shape index (κ1) is 17.9. The Hall–Kier alpha value is -1.41. The van der Waals surface area contributed by atoms with E-state index < -0.39 is 10.0 Å². The molecular formula is C15H26N4O3S. The summed E-state index contributed by atoms with van der Waals surface area (Å²) in [4.78, 5) is 18.2. The van der Waals surface area contributed by atoms with Gasteiger partial charge in [0.2, 0.25) is 5.91 Å². The molecule has 0 aromatic carbocycles.